The minimum absolute atomic E-state index is 0.501. The molecule has 0 unspecified atom stereocenters. The second kappa shape index (κ2) is 6.96. The molecule has 0 aliphatic rings. The highest BCUT2D eigenvalue weighted by molar-refractivity contribution is 5.54. The molecule has 0 atom stereocenters. The Kier molecular flexibility index (Phi) is 5.56. The van der Waals surface area contributed by atoms with E-state index >= 15 is 0 Å². The van der Waals surface area contributed by atoms with E-state index in [-0.39, 0.29) is 0 Å². The van der Waals surface area contributed by atoms with Gasteiger partial charge in [0.2, 0.25) is 5.88 Å². The number of aromatic nitrogens is 1. The third kappa shape index (κ3) is 3.78. The van der Waals surface area contributed by atoms with Crippen molar-refractivity contribution in [3.8, 4) is 5.88 Å². The fourth-order valence-corrected chi connectivity index (χ4v) is 1.51. The number of ether oxygens (including phenoxy) is 2. The van der Waals surface area contributed by atoms with Crippen molar-refractivity contribution in [3.63, 3.8) is 0 Å². The minimum atomic E-state index is 0.501. The summed E-state index contributed by atoms with van der Waals surface area (Å²) < 4.78 is 10.5. The number of pyridine rings is 1. The van der Waals surface area contributed by atoms with Gasteiger partial charge in [-0.05, 0) is 26.0 Å². The quantitative estimate of drug-likeness (QED) is 0.782. The van der Waals surface area contributed by atoms with Crippen LogP contribution in [0.3, 0.4) is 0 Å². The lowest BCUT2D eigenvalue weighted by Crippen LogP contribution is -2.27. The summed E-state index contributed by atoms with van der Waals surface area (Å²) in [6.07, 6.45) is 0. The van der Waals surface area contributed by atoms with E-state index in [1.54, 1.807) is 7.11 Å². The van der Waals surface area contributed by atoms with Crippen LogP contribution in [0.5, 0.6) is 5.88 Å². The first kappa shape index (κ1) is 13.6. The van der Waals surface area contributed by atoms with Gasteiger partial charge in [0.05, 0.1) is 18.9 Å². The molecule has 0 saturated carbocycles. The number of methoxy groups -OCH3 is 1. The van der Waals surface area contributed by atoms with E-state index < -0.39 is 0 Å². The average Bonchev–Trinajstić information content (AvgIpc) is 2.34. The Morgan fingerprint density at radius 1 is 1.35 bits per heavy atom. The molecular weight excluding hydrogens is 218 g/mol. The summed E-state index contributed by atoms with van der Waals surface area (Å²) in [5, 5.41) is 0. The molecule has 5 heteroatoms. The van der Waals surface area contributed by atoms with Gasteiger partial charge in [0.15, 0.2) is 0 Å². The van der Waals surface area contributed by atoms with Gasteiger partial charge < -0.3 is 20.1 Å². The fraction of sp³-hybridized carbons (Fsp3) is 0.583. The smallest absolute Gasteiger partial charge is 0.239 e. The van der Waals surface area contributed by atoms with Crippen molar-refractivity contribution in [1.29, 1.82) is 0 Å². The van der Waals surface area contributed by atoms with Crippen LogP contribution < -0.4 is 15.4 Å². The van der Waals surface area contributed by atoms with Crippen LogP contribution in [0.15, 0.2) is 12.1 Å². The first-order valence-electron chi connectivity index (χ1n) is 5.86. The fourth-order valence-electron chi connectivity index (χ4n) is 1.51. The molecule has 5 nitrogen and oxygen atoms in total. The molecule has 1 heterocycles. The lowest BCUT2D eigenvalue weighted by Gasteiger charge is -2.22. The minimum Gasteiger partial charge on any atom is -0.476 e. The second-order valence-corrected chi connectivity index (χ2v) is 3.57. The number of anilines is 2. The summed E-state index contributed by atoms with van der Waals surface area (Å²) in [5.74, 6) is 1.36. The molecule has 0 saturated heterocycles. The molecule has 2 N–H and O–H groups in total. The Bertz CT molecular complexity index is 345. The number of rotatable bonds is 7. The summed E-state index contributed by atoms with van der Waals surface area (Å²) in [7, 11) is 1.69. The molecule has 0 bridgehead atoms. The summed E-state index contributed by atoms with van der Waals surface area (Å²) >= 11 is 0. The topological polar surface area (TPSA) is 60.6 Å². The zero-order chi connectivity index (χ0) is 12.7. The SMILES string of the molecule is CCOc1nc(N(CC)CCOC)ccc1N. The van der Waals surface area contributed by atoms with E-state index in [2.05, 4.69) is 16.8 Å². The van der Waals surface area contributed by atoms with E-state index in [1.165, 1.54) is 0 Å². The van der Waals surface area contributed by atoms with Crippen molar-refractivity contribution >= 4 is 11.5 Å². The first-order valence-corrected chi connectivity index (χ1v) is 5.86. The molecule has 0 spiro atoms. The van der Waals surface area contributed by atoms with Crippen LogP contribution >= 0.6 is 0 Å². The number of nitrogens with zero attached hydrogens (tertiary/aromatic N) is 2. The highest BCUT2D eigenvalue weighted by Crippen LogP contribution is 2.22. The largest absolute Gasteiger partial charge is 0.476 e. The van der Waals surface area contributed by atoms with Crippen molar-refractivity contribution in [2.45, 2.75) is 13.8 Å². The Morgan fingerprint density at radius 2 is 2.12 bits per heavy atom. The lowest BCUT2D eigenvalue weighted by molar-refractivity contribution is 0.205. The molecular formula is C12H21N3O2. The zero-order valence-electron chi connectivity index (χ0n) is 10.8. The summed E-state index contributed by atoms with van der Waals surface area (Å²) in [6.45, 7) is 6.89. The first-order chi connectivity index (χ1) is 8.22. The number of hydrogen-bond acceptors (Lipinski definition) is 5. The van der Waals surface area contributed by atoms with E-state index in [4.69, 9.17) is 15.2 Å². The zero-order valence-corrected chi connectivity index (χ0v) is 10.8. The number of nitrogens with two attached hydrogens (primary N) is 1. The molecule has 1 aromatic heterocycles. The van der Waals surface area contributed by atoms with Gasteiger partial charge in [0.25, 0.3) is 0 Å². The molecule has 96 valence electrons. The molecule has 0 amide bonds. The van der Waals surface area contributed by atoms with Crippen LogP contribution in [0.2, 0.25) is 0 Å². The molecule has 0 aromatic carbocycles. The summed E-state index contributed by atoms with van der Waals surface area (Å²) in [4.78, 5) is 6.53. The van der Waals surface area contributed by atoms with Crippen molar-refractivity contribution in [3.05, 3.63) is 12.1 Å². The van der Waals surface area contributed by atoms with Gasteiger partial charge in [-0.3, -0.25) is 0 Å². The van der Waals surface area contributed by atoms with Crippen molar-refractivity contribution in [2.75, 3.05) is 44.0 Å². The van der Waals surface area contributed by atoms with Crippen LogP contribution in [0.4, 0.5) is 11.5 Å². The monoisotopic (exact) mass is 239 g/mol. The maximum Gasteiger partial charge on any atom is 0.239 e. The Hall–Kier alpha value is -1.49. The highest BCUT2D eigenvalue weighted by Gasteiger charge is 2.09. The van der Waals surface area contributed by atoms with Gasteiger partial charge in [0, 0.05) is 20.2 Å². The van der Waals surface area contributed by atoms with Gasteiger partial charge in [0.1, 0.15) is 5.82 Å². The Morgan fingerprint density at radius 3 is 2.71 bits per heavy atom. The Balaban J connectivity index is 2.84. The van der Waals surface area contributed by atoms with Crippen LogP contribution in [0, 0.1) is 0 Å². The van der Waals surface area contributed by atoms with Gasteiger partial charge in [-0.2, -0.15) is 4.98 Å². The molecule has 0 radical (unpaired) electrons. The maximum atomic E-state index is 5.79. The maximum absolute atomic E-state index is 5.79. The van der Waals surface area contributed by atoms with Crippen LogP contribution in [0.25, 0.3) is 0 Å². The predicted octanol–water partition coefficient (Wildman–Crippen LogP) is 1.54. The molecule has 0 fully saturated rings. The van der Waals surface area contributed by atoms with E-state index in [9.17, 15) is 0 Å². The third-order valence-corrected chi connectivity index (χ3v) is 2.43. The predicted molar refractivity (Wildman–Crippen MR) is 69.6 cm³/mol. The third-order valence-electron chi connectivity index (χ3n) is 2.43. The van der Waals surface area contributed by atoms with E-state index in [0.29, 0.717) is 24.8 Å². The standard InChI is InChI=1S/C12H21N3O2/c1-4-15(8-9-16-3)11-7-6-10(13)12(14-11)17-5-2/h6-7H,4-5,8-9,13H2,1-3H3. The van der Waals surface area contributed by atoms with Gasteiger partial charge in [-0.15, -0.1) is 0 Å². The van der Waals surface area contributed by atoms with Crippen molar-refractivity contribution in [2.24, 2.45) is 0 Å². The second-order valence-electron chi connectivity index (χ2n) is 3.57. The number of hydrogen-bond donors (Lipinski definition) is 1. The molecule has 1 aromatic rings. The van der Waals surface area contributed by atoms with Crippen LogP contribution in [-0.2, 0) is 4.74 Å². The number of likely N-dealkylation sites (N-methyl/N-ethyl adjacent to an activating group) is 1. The Labute approximate surface area is 103 Å². The molecule has 0 aliphatic heterocycles. The lowest BCUT2D eigenvalue weighted by atomic mass is 10.3. The van der Waals surface area contributed by atoms with Crippen molar-refractivity contribution < 1.29 is 9.47 Å². The van der Waals surface area contributed by atoms with Gasteiger partial charge in [-0.25, -0.2) is 0 Å². The van der Waals surface area contributed by atoms with Crippen molar-refractivity contribution in [1.82, 2.24) is 4.98 Å². The molecule has 0 aliphatic carbocycles. The van der Waals surface area contributed by atoms with E-state index in [0.717, 1.165) is 18.9 Å². The number of nitrogen functional groups attached to an aromatic ring is 1. The summed E-state index contributed by atoms with van der Waals surface area (Å²) in [5.41, 5.74) is 6.35. The highest BCUT2D eigenvalue weighted by atomic mass is 16.5. The molecule has 1 rings (SSSR count). The summed E-state index contributed by atoms with van der Waals surface area (Å²) in [6, 6.07) is 3.72. The average molecular weight is 239 g/mol. The molecule has 17 heavy (non-hydrogen) atoms. The van der Waals surface area contributed by atoms with Crippen LogP contribution in [-0.4, -0.2) is 38.4 Å². The van der Waals surface area contributed by atoms with Gasteiger partial charge >= 0.3 is 0 Å². The van der Waals surface area contributed by atoms with Crippen LogP contribution in [0.1, 0.15) is 13.8 Å². The van der Waals surface area contributed by atoms with E-state index in [1.807, 2.05) is 19.1 Å². The normalized spacial score (nSPS) is 10.3. The van der Waals surface area contributed by atoms with Gasteiger partial charge in [-0.1, -0.05) is 0 Å².